The van der Waals surface area contributed by atoms with Crippen LogP contribution in [0.15, 0.2) is 103 Å². The number of ether oxygens (including phenoxy) is 1. The number of carbonyl (C=O) groups excluding carboxylic acids is 1. The summed E-state index contributed by atoms with van der Waals surface area (Å²) in [6.45, 7) is 2.49. The summed E-state index contributed by atoms with van der Waals surface area (Å²) in [5.74, 6) is 0.714. The van der Waals surface area contributed by atoms with E-state index in [0.717, 1.165) is 33.8 Å². The fourth-order valence-electron chi connectivity index (χ4n) is 4.09. The third-order valence-electron chi connectivity index (χ3n) is 5.66. The molecule has 1 amide bonds. The van der Waals surface area contributed by atoms with E-state index in [0.29, 0.717) is 12.2 Å². The predicted molar refractivity (Wildman–Crippen MR) is 128 cm³/mol. The summed E-state index contributed by atoms with van der Waals surface area (Å²) in [5, 5.41) is 3.58. The summed E-state index contributed by atoms with van der Waals surface area (Å²) in [7, 11) is 0. The lowest BCUT2D eigenvalue weighted by Gasteiger charge is -2.38. The minimum absolute atomic E-state index is 0.0344. The average Bonchev–Trinajstić information content (AvgIpc) is 2.83. The van der Waals surface area contributed by atoms with E-state index in [9.17, 15) is 4.79 Å². The lowest BCUT2D eigenvalue weighted by molar-refractivity contribution is 0.0974. The van der Waals surface area contributed by atoms with Crippen LogP contribution >= 0.6 is 0 Å². The SMILES string of the molecule is Cc1cccc(N2C(=O)c3ccccc3N[C@@H]2c2ccccc2OCc2ccccc2)c1. The number of amides is 1. The molecule has 158 valence electrons. The predicted octanol–water partition coefficient (Wildman–Crippen LogP) is 6.35. The molecule has 1 atom stereocenters. The lowest BCUT2D eigenvalue weighted by atomic mass is 10.0. The van der Waals surface area contributed by atoms with Gasteiger partial charge in [-0.25, -0.2) is 0 Å². The van der Waals surface area contributed by atoms with Gasteiger partial charge in [-0.3, -0.25) is 9.69 Å². The second kappa shape index (κ2) is 8.60. The Kier molecular flexibility index (Phi) is 5.34. The maximum Gasteiger partial charge on any atom is 0.262 e. The van der Waals surface area contributed by atoms with Crippen molar-refractivity contribution in [2.24, 2.45) is 0 Å². The van der Waals surface area contributed by atoms with Gasteiger partial charge in [-0.2, -0.15) is 0 Å². The van der Waals surface area contributed by atoms with Crippen LogP contribution in [0.5, 0.6) is 5.75 Å². The van der Waals surface area contributed by atoms with Gasteiger partial charge in [0.05, 0.1) is 5.56 Å². The van der Waals surface area contributed by atoms with Gasteiger partial charge in [0.2, 0.25) is 0 Å². The molecule has 1 aliphatic heterocycles. The Morgan fingerprint density at radius 2 is 1.59 bits per heavy atom. The molecule has 1 aliphatic rings. The molecule has 5 rings (SSSR count). The second-order valence-corrected chi connectivity index (χ2v) is 7.92. The van der Waals surface area contributed by atoms with Gasteiger partial charge in [-0.15, -0.1) is 0 Å². The van der Waals surface area contributed by atoms with Crippen LogP contribution in [-0.2, 0) is 6.61 Å². The van der Waals surface area contributed by atoms with E-state index in [1.807, 2.05) is 115 Å². The van der Waals surface area contributed by atoms with E-state index in [4.69, 9.17) is 4.74 Å². The van der Waals surface area contributed by atoms with E-state index in [1.165, 1.54) is 0 Å². The van der Waals surface area contributed by atoms with Crippen LogP contribution < -0.4 is 15.0 Å². The first-order chi connectivity index (χ1) is 15.7. The first-order valence-electron chi connectivity index (χ1n) is 10.7. The van der Waals surface area contributed by atoms with Gasteiger partial charge in [0.1, 0.15) is 18.5 Å². The van der Waals surface area contributed by atoms with E-state index >= 15 is 0 Å². The fourth-order valence-corrected chi connectivity index (χ4v) is 4.09. The maximum absolute atomic E-state index is 13.6. The zero-order chi connectivity index (χ0) is 21.9. The Hall–Kier alpha value is -4.05. The minimum atomic E-state index is -0.397. The molecular formula is C28H24N2O2. The van der Waals surface area contributed by atoms with Crippen LogP contribution in [0.3, 0.4) is 0 Å². The molecule has 1 N–H and O–H groups in total. The smallest absolute Gasteiger partial charge is 0.262 e. The van der Waals surface area contributed by atoms with Crippen molar-refractivity contribution < 1.29 is 9.53 Å². The van der Waals surface area contributed by atoms with Crippen LogP contribution in [0, 0.1) is 6.92 Å². The highest BCUT2D eigenvalue weighted by atomic mass is 16.5. The highest BCUT2D eigenvalue weighted by Gasteiger charge is 2.35. The first kappa shape index (κ1) is 19.9. The number of nitrogens with zero attached hydrogens (tertiary/aromatic N) is 1. The van der Waals surface area contributed by atoms with E-state index in [2.05, 4.69) is 5.32 Å². The molecule has 0 bridgehead atoms. The lowest BCUT2D eigenvalue weighted by Crippen LogP contribution is -2.43. The first-order valence-corrected chi connectivity index (χ1v) is 10.7. The summed E-state index contributed by atoms with van der Waals surface area (Å²) in [5.41, 5.74) is 5.43. The van der Waals surface area contributed by atoms with Gasteiger partial charge < -0.3 is 10.1 Å². The van der Waals surface area contributed by atoms with Gasteiger partial charge in [0.15, 0.2) is 0 Å². The molecule has 0 aromatic heterocycles. The number of hydrogen-bond acceptors (Lipinski definition) is 3. The number of para-hydroxylation sites is 2. The monoisotopic (exact) mass is 420 g/mol. The van der Waals surface area contributed by atoms with Crippen molar-refractivity contribution in [2.45, 2.75) is 19.7 Å². The second-order valence-electron chi connectivity index (χ2n) is 7.92. The molecule has 0 aliphatic carbocycles. The number of anilines is 2. The van der Waals surface area contributed by atoms with Crippen LogP contribution in [0.4, 0.5) is 11.4 Å². The fraction of sp³-hybridized carbons (Fsp3) is 0.107. The Balaban J connectivity index is 1.57. The zero-order valence-electron chi connectivity index (χ0n) is 17.9. The molecule has 32 heavy (non-hydrogen) atoms. The molecule has 0 fully saturated rings. The summed E-state index contributed by atoms with van der Waals surface area (Å²) < 4.78 is 6.23. The summed E-state index contributed by atoms with van der Waals surface area (Å²) in [6.07, 6.45) is -0.397. The maximum atomic E-state index is 13.6. The molecule has 4 aromatic rings. The van der Waals surface area contributed by atoms with Gasteiger partial charge >= 0.3 is 0 Å². The Bertz CT molecular complexity index is 1250. The van der Waals surface area contributed by atoms with Crippen LogP contribution in [0.1, 0.15) is 33.2 Å². The Morgan fingerprint density at radius 1 is 0.844 bits per heavy atom. The molecular weight excluding hydrogens is 396 g/mol. The number of nitrogens with one attached hydrogen (secondary N) is 1. The van der Waals surface area contributed by atoms with Crippen molar-refractivity contribution in [1.82, 2.24) is 0 Å². The standard InChI is InChI=1S/C28H24N2O2/c1-20-10-9-13-22(18-20)30-27(29-25-16-7-5-14-23(25)28(30)31)24-15-6-8-17-26(24)32-19-21-11-3-2-4-12-21/h2-18,27,29H,19H2,1H3/t27-/m0/s1. The van der Waals surface area contributed by atoms with Crippen molar-refractivity contribution in [3.63, 3.8) is 0 Å². The minimum Gasteiger partial charge on any atom is -0.488 e. The van der Waals surface area contributed by atoms with E-state index in [1.54, 1.807) is 0 Å². The molecule has 0 unspecified atom stereocenters. The number of rotatable bonds is 5. The van der Waals surface area contributed by atoms with Crippen LogP contribution in [0.25, 0.3) is 0 Å². The Morgan fingerprint density at radius 3 is 2.44 bits per heavy atom. The molecule has 4 heteroatoms. The zero-order valence-corrected chi connectivity index (χ0v) is 17.9. The van der Waals surface area contributed by atoms with Crippen molar-refractivity contribution in [2.75, 3.05) is 10.2 Å². The van der Waals surface area contributed by atoms with E-state index < -0.39 is 6.17 Å². The topological polar surface area (TPSA) is 41.6 Å². The molecule has 0 saturated heterocycles. The van der Waals surface area contributed by atoms with Crippen molar-refractivity contribution >= 4 is 17.3 Å². The molecule has 0 saturated carbocycles. The van der Waals surface area contributed by atoms with Gasteiger partial charge in [0.25, 0.3) is 5.91 Å². The number of benzene rings is 4. The third kappa shape index (κ3) is 3.83. The van der Waals surface area contributed by atoms with Crippen molar-refractivity contribution in [3.05, 3.63) is 125 Å². The quantitative estimate of drug-likeness (QED) is 0.409. The van der Waals surface area contributed by atoms with Gasteiger partial charge in [0, 0.05) is 16.9 Å². The summed E-state index contributed by atoms with van der Waals surface area (Å²) in [6, 6.07) is 33.7. The number of carbonyl (C=O) groups is 1. The average molecular weight is 421 g/mol. The van der Waals surface area contributed by atoms with Crippen LogP contribution in [-0.4, -0.2) is 5.91 Å². The summed E-state index contributed by atoms with van der Waals surface area (Å²) in [4.78, 5) is 15.5. The third-order valence-corrected chi connectivity index (χ3v) is 5.66. The van der Waals surface area contributed by atoms with Crippen LogP contribution in [0.2, 0.25) is 0 Å². The molecule has 0 radical (unpaired) electrons. The molecule has 0 spiro atoms. The molecule has 4 aromatic carbocycles. The highest BCUT2D eigenvalue weighted by Crippen LogP contribution is 2.39. The Labute approximate surface area is 188 Å². The highest BCUT2D eigenvalue weighted by molar-refractivity contribution is 6.12. The van der Waals surface area contributed by atoms with Gasteiger partial charge in [-0.1, -0.05) is 72.8 Å². The number of fused-ring (bicyclic) bond motifs is 1. The van der Waals surface area contributed by atoms with E-state index in [-0.39, 0.29) is 5.91 Å². The normalized spacial score (nSPS) is 15.1. The number of aryl methyl sites for hydroxylation is 1. The van der Waals surface area contributed by atoms with Gasteiger partial charge in [-0.05, 0) is 48.4 Å². The summed E-state index contributed by atoms with van der Waals surface area (Å²) >= 11 is 0. The largest absolute Gasteiger partial charge is 0.488 e. The van der Waals surface area contributed by atoms with Crippen molar-refractivity contribution in [1.29, 1.82) is 0 Å². The number of hydrogen-bond donors (Lipinski definition) is 1. The molecule has 1 heterocycles. The molecule has 4 nitrogen and oxygen atoms in total. The van der Waals surface area contributed by atoms with Crippen molar-refractivity contribution in [3.8, 4) is 5.75 Å².